The quantitative estimate of drug-likeness (QED) is 0.839. The Kier molecular flexibility index (Phi) is 5.50. The van der Waals surface area contributed by atoms with Crippen LogP contribution in [0.4, 0.5) is 0 Å². The fraction of sp³-hybridized carbons (Fsp3) is 0.750. The van der Waals surface area contributed by atoms with Crippen LogP contribution in [0.1, 0.15) is 44.8 Å². The van der Waals surface area contributed by atoms with Crippen LogP contribution in [0.25, 0.3) is 0 Å². The van der Waals surface area contributed by atoms with Crippen LogP contribution >= 0.6 is 12.4 Å². The van der Waals surface area contributed by atoms with Crippen molar-refractivity contribution in [3.05, 3.63) is 11.7 Å². The van der Waals surface area contributed by atoms with Gasteiger partial charge in [0.05, 0.1) is 18.1 Å². The van der Waals surface area contributed by atoms with Crippen molar-refractivity contribution in [3.63, 3.8) is 0 Å². The molecule has 1 fully saturated rings. The highest BCUT2D eigenvalue weighted by atomic mass is 35.5. The van der Waals surface area contributed by atoms with Gasteiger partial charge in [-0.2, -0.15) is 4.98 Å². The van der Waals surface area contributed by atoms with Crippen LogP contribution in [-0.2, 0) is 16.9 Å². The molecule has 1 saturated heterocycles. The van der Waals surface area contributed by atoms with E-state index in [9.17, 15) is 4.79 Å². The minimum Gasteiger partial charge on any atom is -0.368 e. The Labute approximate surface area is 124 Å². The van der Waals surface area contributed by atoms with Crippen molar-refractivity contribution in [1.82, 2.24) is 15.0 Å². The molecule has 0 bridgehead atoms. The molecule has 114 valence electrons. The van der Waals surface area contributed by atoms with Crippen molar-refractivity contribution in [2.75, 3.05) is 6.54 Å². The number of piperidine rings is 1. The molecule has 0 radical (unpaired) electrons. The second-order valence-electron chi connectivity index (χ2n) is 5.62. The summed E-state index contributed by atoms with van der Waals surface area (Å²) in [7, 11) is 0. The van der Waals surface area contributed by atoms with Gasteiger partial charge in [0, 0.05) is 0 Å². The van der Waals surface area contributed by atoms with Crippen molar-refractivity contribution in [2.24, 2.45) is 11.5 Å². The monoisotopic (exact) mass is 303 g/mol. The molecule has 20 heavy (non-hydrogen) atoms. The van der Waals surface area contributed by atoms with E-state index < -0.39 is 5.54 Å². The normalized spacial score (nSPS) is 20.4. The third-order valence-electron chi connectivity index (χ3n) is 3.32. The number of hydrogen-bond donors (Lipinski definition) is 2. The molecule has 0 saturated carbocycles. The number of carbonyl (C=O) groups is 1. The highest BCUT2D eigenvalue weighted by Gasteiger charge is 2.29. The van der Waals surface area contributed by atoms with E-state index in [0.29, 0.717) is 18.3 Å². The minimum atomic E-state index is -0.632. The van der Waals surface area contributed by atoms with Gasteiger partial charge in [-0.15, -0.1) is 12.4 Å². The van der Waals surface area contributed by atoms with Gasteiger partial charge in [-0.1, -0.05) is 11.6 Å². The summed E-state index contributed by atoms with van der Waals surface area (Å²) in [6.45, 7) is 4.89. The number of carbonyl (C=O) groups excluding carboxylic acids is 1. The number of aromatic nitrogens is 2. The largest absolute Gasteiger partial charge is 0.368 e. The molecule has 1 aromatic rings. The van der Waals surface area contributed by atoms with E-state index in [0.717, 1.165) is 25.8 Å². The maximum absolute atomic E-state index is 11.4. The molecule has 1 aliphatic rings. The summed E-state index contributed by atoms with van der Waals surface area (Å²) in [6.07, 6.45) is 2.86. The molecule has 2 rings (SSSR count). The van der Waals surface area contributed by atoms with Gasteiger partial charge in [0.1, 0.15) is 0 Å². The van der Waals surface area contributed by atoms with Crippen molar-refractivity contribution < 1.29 is 9.32 Å². The van der Waals surface area contributed by atoms with Gasteiger partial charge >= 0.3 is 0 Å². The maximum atomic E-state index is 11.4. The van der Waals surface area contributed by atoms with E-state index >= 15 is 0 Å². The lowest BCUT2D eigenvalue weighted by atomic mass is 10.0. The Morgan fingerprint density at radius 2 is 2.20 bits per heavy atom. The Hall–Kier alpha value is -1.18. The predicted molar refractivity (Wildman–Crippen MR) is 76.0 cm³/mol. The second-order valence-corrected chi connectivity index (χ2v) is 5.62. The molecular formula is C12H22ClN5O2. The minimum absolute atomic E-state index is 0. The van der Waals surface area contributed by atoms with Gasteiger partial charge in [-0.25, -0.2) is 0 Å². The van der Waals surface area contributed by atoms with Crippen LogP contribution < -0.4 is 11.5 Å². The number of primary amides is 1. The van der Waals surface area contributed by atoms with Gasteiger partial charge in [-0.05, 0) is 33.2 Å². The summed E-state index contributed by atoms with van der Waals surface area (Å²) in [6, 6.07) is -0.241. The fourth-order valence-corrected chi connectivity index (χ4v) is 2.26. The van der Waals surface area contributed by atoms with E-state index in [4.69, 9.17) is 16.0 Å². The topological polar surface area (TPSA) is 111 Å². The Morgan fingerprint density at radius 3 is 2.75 bits per heavy atom. The Bertz CT molecular complexity index is 457. The number of amides is 1. The zero-order valence-electron chi connectivity index (χ0n) is 11.8. The first-order valence-electron chi connectivity index (χ1n) is 6.53. The number of hydrogen-bond acceptors (Lipinski definition) is 6. The van der Waals surface area contributed by atoms with E-state index in [1.807, 2.05) is 18.7 Å². The van der Waals surface area contributed by atoms with Crippen LogP contribution in [0.15, 0.2) is 4.52 Å². The number of nitrogens with two attached hydrogens (primary N) is 2. The van der Waals surface area contributed by atoms with Crippen LogP contribution in [0.5, 0.6) is 0 Å². The zero-order valence-corrected chi connectivity index (χ0v) is 12.7. The van der Waals surface area contributed by atoms with Crippen LogP contribution in [0.3, 0.4) is 0 Å². The lowest BCUT2D eigenvalue weighted by molar-refractivity contribution is -0.124. The molecule has 8 heteroatoms. The first-order valence-corrected chi connectivity index (χ1v) is 6.53. The van der Waals surface area contributed by atoms with Gasteiger partial charge in [0.25, 0.3) is 0 Å². The molecule has 0 spiro atoms. The molecule has 1 aliphatic heterocycles. The Morgan fingerprint density at radius 1 is 1.50 bits per heavy atom. The summed E-state index contributed by atoms with van der Waals surface area (Å²) in [5.41, 5.74) is 10.7. The van der Waals surface area contributed by atoms with Crippen molar-refractivity contribution >= 4 is 18.3 Å². The first kappa shape index (κ1) is 16.9. The van der Waals surface area contributed by atoms with Gasteiger partial charge in [0.2, 0.25) is 11.8 Å². The molecule has 7 nitrogen and oxygen atoms in total. The highest BCUT2D eigenvalue weighted by molar-refractivity contribution is 5.85. The summed E-state index contributed by atoms with van der Waals surface area (Å²) in [5.74, 6) is 0.649. The summed E-state index contributed by atoms with van der Waals surface area (Å²) >= 11 is 0. The van der Waals surface area contributed by atoms with Crippen molar-refractivity contribution in [2.45, 2.75) is 51.2 Å². The smallest absolute Gasteiger partial charge is 0.240 e. The average Bonchev–Trinajstić information content (AvgIpc) is 2.77. The SMILES string of the molecule is CC(C)(N)c1noc(CN2CCCCC2C(N)=O)n1.Cl. The molecule has 1 amide bonds. The molecule has 1 atom stereocenters. The zero-order chi connectivity index (χ0) is 14.0. The summed E-state index contributed by atoms with van der Waals surface area (Å²) in [5, 5.41) is 3.87. The number of nitrogens with zero attached hydrogens (tertiary/aromatic N) is 3. The third kappa shape index (κ3) is 3.91. The molecule has 1 aromatic heterocycles. The lowest BCUT2D eigenvalue weighted by Gasteiger charge is -2.32. The number of likely N-dealkylation sites (tertiary alicyclic amines) is 1. The summed E-state index contributed by atoms with van der Waals surface area (Å²) in [4.78, 5) is 17.7. The first-order chi connectivity index (χ1) is 8.88. The average molecular weight is 304 g/mol. The van der Waals surface area contributed by atoms with E-state index in [1.54, 1.807) is 0 Å². The van der Waals surface area contributed by atoms with E-state index in [2.05, 4.69) is 10.1 Å². The number of rotatable bonds is 4. The van der Waals surface area contributed by atoms with Gasteiger partial charge in [0.15, 0.2) is 5.82 Å². The van der Waals surface area contributed by atoms with Crippen LogP contribution in [-0.4, -0.2) is 33.5 Å². The van der Waals surface area contributed by atoms with E-state index in [1.165, 1.54) is 0 Å². The van der Waals surface area contributed by atoms with Crippen LogP contribution in [0.2, 0.25) is 0 Å². The molecule has 0 aliphatic carbocycles. The number of halogens is 1. The highest BCUT2D eigenvalue weighted by Crippen LogP contribution is 2.20. The fourth-order valence-electron chi connectivity index (χ4n) is 2.26. The Balaban J connectivity index is 0.00000200. The second kappa shape index (κ2) is 6.51. The van der Waals surface area contributed by atoms with Crippen molar-refractivity contribution in [3.8, 4) is 0 Å². The lowest BCUT2D eigenvalue weighted by Crippen LogP contribution is -2.47. The summed E-state index contributed by atoms with van der Waals surface area (Å²) < 4.78 is 5.19. The van der Waals surface area contributed by atoms with Crippen molar-refractivity contribution in [1.29, 1.82) is 0 Å². The maximum Gasteiger partial charge on any atom is 0.240 e. The molecule has 4 N–H and O–H groups in total. The third-order valence-corrected chi connectivity index (χ3v) is 3.32. The van der Waals surface area contributed by atoms with Gasteiger partial charge in [-0.3, -0.25) is 9.69 Å². The standard InChI is InChI=1S/C12H21N5O2.ClH/c1-12(2,14)11-15-9(19-16-11)7-17-6-4-3-5-8(17)10(13)18;/h8H,3-7,14H2,1-2H3,(H2,13,18);1H. The van der Waals surface area contributed by atoms with E-state index in [-0.39, 0.29) is 24.4 Å². The van der Waals surface area contributed by atoms with Crippen LogP contribution in [0, 0.1) is 0 Å². The molecule has 2 heterocycles. The molecule has 1 unspecified atom stereocenters. The van der Waals surface area contributed by atoms with Gasteiger partial charge < -0.3 is 16.0 Å². The molecular weight excluding hydrogens is 282 g/mol. The molecule has 0 aromatic carbocycles. The predicted octanol–water partition coefficient (Wildman–Crippen LogP) is 0.525.